The van der Waals surface area contributed by atoms with E-state index in [9.17, 15) is 21.9 Å². The maximum Gasteiger partial charge on any atom is 0.294 e. The summed E-state index contributed by atoms with van der Waals surface area (Å²) in [6.45, 7) is 1.63. The molecule has 0 unspecified atom stereocenters. The maximum absolute atomic E-state index is 11.1. The Kier molecular flexibility index (Phi) is 4.04. The largest absolute Gasteiger partial charge is 0.507 e. The molecule has 0 aliphatic heterocycles. The SMILES string of the molecule is Cc1cc2cc(S(=O)(=O)O)cc(O)c2cc1NCS(=O)(=O)O. The van der Waals surface area contributed by atoms with Crippen molar-refractivity contribution in [2.45, 2.75) is 11.8 Å². The second-order valence-corrected chi connectivity index (χ2v) is 7.58. The van der Waals surface area contributed by atoms with E-state index in [4.69, 9.17) is 9.11 Å². The van der Waals surface area contributed by atoms with Crippen LogP contribution in [0.4, 0.5) is 5.69 Å². The van der Waals surface area contributed by atoms with Gasteiger partial charge in [0.1, 0.15) is 11.6 Å². The lowest BCUT2D eigenvalue weighted by atomic mass is 10.0. The van der Waals surface area contributed by atoms with Crippen molar-refractivity contribution in [1.82, 2.24) is 0 Å². The number of nitrogens with one attached hydrogen (secondary N) is 1. The van der Waals surface area contributed by atoms with Crippen molar-refractivity contribution in [2.75, 3.05) is 11.2 Å². The number of hydrogen-bond donors (Lipinski definition) is 4. The van der Waals surface area contributed by atoms with Gasteiger partial charge in [-0.3, -0.25) is 9.11 Å². The van der Waals surface area contributed by atoms with Crippen LogP contribution in [0.3, 0.4) is 0 Å². The molecule has 0 atom stereocenters. The number of phenols is 1. The number of fused-ring (bicyclic) bond motifs is 1. The summed E-state index contributed by atoms with van der Waals surface area (Å²) in [7, 11) is -8.67. The molecule has 2 aromatic carbocycles. The van der Waals surface area contributed by atoms with E-state index in [1.165, 1.54) is 18.2 Å². The molecule has 0 spiro atoms. The Hall–Kier alpha value is -1.88. The summed E-state index contributed by atoms with van der Waals surface area (Å²) < 4.78 is 61.5. The topological polar surface area (TPSA) is 141 Å². The fourth-order valence-corrected chi connectivity index (χ4v) is 2.86. The van der Waals surface area contributed by atoms with Crippen LogP contribution in [0, 0.1) is 6.92 Å². The van der Waals surface area contributed by atoms with E-state index in [0.29, 0.717) is 16.6 Å². The summed E-state index contributed by atoms with van der Waals surface area (Å²) >= 11 is 0. The van der Waals surface area contributed by atoms with E-state index >= 15 is 0 Å². The summed E-state index contributed by atoms with van der Waals surface area (Å²) in [6.07, 6.45) is 0. The van der Waals surface area contributed by atoms with Gasteiger partial charge in [0, 0.05) is 17.1 Å². The van der Waals surface area contributed by atoms with E-state index in [0.717, 1.165) is 6.07 Å². The Morgan fingerprint density at radius 1 is 1.05 bits per heavy atom. The molecule has 0 aromatic heterocycles. The zero-order valence-electron chi connectivity index (χ0n) is 11.3. The third-order valence-corrected chi connectivity index (χ3v) is 4.33. The number of benzene rings is 2. The smallest absolute Gasteiger partial charge is 0.294 e. The van der Waals surface area contributed by atoms with Crippen LogP contribution in [-0.2, 0) is 20.2 Å². The first-order valence-electron chi connectivity index (χ1n) is 5.91. The first-order chi connectivity index (χ1) is 9.97. The molecule has 2 aromatic rings. The van der Waals surface area contributed by atoms with Gasteiger partial charge in [0.15, 0.2) is 0 Å². The molecule has 0 aliphatic rings. The number of hydrogen-bond acceptors (Lipinski definition) is 6. The predicted octanol–water partition coefficient (Wildman–Crippen LogP) is 1.36. The molecule has 0 saturated heterocycles. The summed E-state index contributed by atoms with van der Waals surface area (Å²) in [5.74, 6) is -1.09. The Morgan fingerprint density at radius 3 is 2.23 bits per heavy atom. The van der Waals surface area contributed by atoms with Crippen molar-refractivity contribution in [1.29, 1.82) is 0 Å². The Bertz CT molecular complexity index is 949. The summed E-state index contributed by atoms with van der Waals surface area (Å²) in [6, 6.07) is 5.00. The van der Waals surface area contributed by atoms with Crippen LogP contribution < -0.4 is 5.32 Å². The molecule has 10 heteroatoms. The average Bonchev–Trinajstić information content (AvgIpc) is 2.34. The van der Waals surface area contributed by atoms with Crippen LogP contribution in [0.5, 0.6) is 5.75 Å². The summed E-state index contributed by atoms with van der Waals surface area (Å²) in [5, 5.41) is 13.0. The highest BCUT2D eigenvalue weighted by molar-refractivity contribution is 7.86. The van der Waals surface area contributed by atoms with Crippen molar-refractivity contribution < 1.29 is 31.0 Å². The fraction of sp³-hybridized carbons (Fsp3) is 0.167. The van der Waals surface area contributed by atoms with Gasteiger partial charge in [0.2, 0.25) is 0 Å². The van der Waals surface area contributed by atoms with Crippen LogP contribution in [-0.4, -0.2) is 36.9 Å². The van der Waals surface area contributed by atoms with Gasteiger partial charge in [-0.1, -0.05) is 0 Å². The Balaban J connectivity index is 2.58. The van der Waals surface area contributed by atoms with Gasteiger partial charge in [0.05, 0.1) is 4.90 Å². The highest BCUT2D eigenvalue weighted by Crippen LogP contribution is 2.32. The van der Waals surface area contributed by atoms with E-state index in [-0.39, 0.29) is 11.1 Å². The van der Waals surface area contributed by atoms with Crippen LogP contribution >= 0.6 is 0 Å². The monoisotopic (exact) mass is 347 g/mol. The quantitative estimate of drug-likeness (QED) is 0.607. The van der Waals surface area contributed by atoms with Crippen molar-refractivity contribution >= 4 is 36.7 Å². The minimum atomic E-state index is -4.46. The van der Waals surface area contributed by atoms with Gasteiger partial charge >= 0.3 is 0 Å². The van der Waals surface area contributed by atoms with Crippen LogP contribution in [0.25, 0.3) is 10.8 Å². The van der Waals surface area contributed by atoms with Gasteiger partial charge in [0.25, 0.3) is 20.2 Å². The van der Waals surface area contributed by atoms with E-state index in [2.05, 4.69) is 5.32 Å². The molecule has 120 valence electrons. The van der Waals surface area contributed by atoms with Gasteiger partial charge in [-0.2, -0.15) is 16.8 Å². The van der Waals surface area contributed by atoms with Crippen LogP contribution in [0.15, 0.2) is 29.2 Å². The fourth-order valence-electron chi connectivity index (χ4n) is 1.99. The zero-order chi connectivity index (χ0) is 16.7. The Morgan fingerprint density at radius 2 is 1.68 bits per heavy atom. The molecular weight excluding hydrogens is 334 g/mol. The van der Waals surface area contributed by atoms with Crippen molar-refractivity contribution in [3.05, 3.63) is 29.8 Å². The lowest BCUT2D eigenvalue weighted by molar-refractivity contribution is 0.471. The molecule has 0 heterocycles. The predicted molar refractivity (Wildman–Crippen MR) is 80.2 cm³/mol. The first-order valence-corrected chi connectivity index (χ1v) is 8.96. The van der Waals surface area contributed by atoms with Gasteiger partial charge < -0.3 is 10.4 Å². The molecule has 0 saturated carbocycles. The lowest BCUT2D eigenvalue weighted by Crippen LogP contribution is -2.13. The molecule has 0 aliphatic carbocycles. The van der Waals surface area contributed by atoms with Crippen LogP contribution in [0.2, 0.25) is 0 Å². The number of phenolic OH excluding ortho intramolecular Hbond substituents is 1. The zero-order valence-corrected chi connectivity index (χ0v) is 12.9. The molecule has 4 N–H and O–H groups in total. The maximum atomic E-state index is 11.1. The molecule has 2 rings (SSSR count). The standard InChI is InChI=1S/C12H13NO7S2/c1-7-2-8-3-9(22(18,19)20)4-12(14)10(8)5-11(7)13-6-21(15,16)17/h2-5,13-14H,6H2,1H3,(H,15,16,17)(H,18,19,20). The second-order valence-electron chi connectivity index (χ2n) is 4.71. The highest BCUT2D eigenvalue weighted by Gasteiger charge is 2.15. The highest BCUT2D eigenvalue weighted by atomic mass is 32.2. The lowest BCUT2D eigenvalue weighted by Gasteiger charge is -2.11. The molecule has 22 heavy (non-hydrogen) atoms. The summed E-state index contributed by atoms with van der Waals surface area (Å²) in [4.78, 5) is -0.449. The molecule has 0 bridgehead atoms. The van der Waals surface area contributed by atoms with E-state index in [1.807, 2.05) is 0 Å². The van der Waals surface area contributed by atoms with E-state index in [1.54, 1.807) is 6.92 Å². The van der Waals surface area contributed by atoms with E-state index < -0.39 is 31.0 Å². The van der Waals surface area contributed by atoms with Gasteiger partial charge in [-0.15, -0.1) is 0 Å². The normalized spacial score (nSPS) is 12.5. The summed E-state index contributed by atoms with van der Waals surface area (Å²) in [5.41, 5.74) is 0.906. The molecule has 8 nitrogen and oxygen atoms in total. The van der Waals surface area contributed by atoms with Crippen molar-refractivity contribution in [3.8, 4) is 5.75 Å². The third kappa shape index (κ3) is 3.65. The minimum Gasteiger partial charge on any atom is -0.507 e. The minimum absolute atomic E-state index is 0.260. The van der Waals surface area contributed by atoms with Gasteiger partial charge in [-0.05, 0) is 36.1 Å². The number of anilines is 1. The second kappa shape index (κ2) is 5.39. The molecule has 0 fully saturated rings. The third-order valence-electron chi connectivity index (χ3n) is 2.99. The number of rotatable bonds is 4. The molecule has 0 amide bonds. The number of aryl methyl sites for hydroxylation is 1. The van der Waals surface area contributed by atoms with Crippen molar-refractivity contribution in [3.63, 3.8) is 0 Å². The molecular formula is C12H13NO7S2. The molecule has 0 radical (unpaired) electrons. The van der Waals surface area contributed by atoms with Gasteiger partial charge in [-0.25, -0.2) is 0 Å². The van der Waals surface area contributed by atoms with Crippen LogP contribution in [0.1, 0.15) is 5.56 Å². The van der Waals surface area contributed by atoms with Crippen molar-refractivity contribution in [2.24, 2.45) is 0 Å². The first kappa shape index (κ1) is 16.5. The average molecular weight is 347 g/mol. The Labute approximate surface area is 126 Å². The number of aromatic hydroxyl groups is 1.